The SMILES string of the molecule is Cc1ccc(C(=O)c2sc3cc(O)ccc3c2Oc2ccc(/C=C/OC=O)cc2)cc1.Cc1cccc(C(=O)c2sc3cc(O)ccc3c2Oc2ccc(/C=C/OC=O)cc2)c1.Cc1ccccc1C(=O)c1sc2cc(O)ccc2c1Oc1ccc(/C=C/OC=O)cc1.Cc1ccccc1C(=O)c1sc2cc(O)ccc2c1Oc1ccc(/C=C/OC=O)cc1. The summed E-state index contributed by atoms with van der Waals surface area (Å²) in [6.45, 7) is 9.09. The molecular formula is C100H72O20S4. The van der Waals surface area contributed by atoms with Crippen LogP contribution in [0.25, 0.3) is 64.6 Å². The number of hydrogen-bond acceptors (Lipinski definition) is 24. The lowest BCUT2D eigenvalue weighted by molar-refractivity contribution is -0.124. The summed E-state index contributed by atoms with van der Waals surface area (Å²) >= 11 is 5.15. The number of carbonyl (C=O) groups excluding carboxylic acids is 8. The van der Waals surface area contributed by atoms with E-state index in [4.69, 9.17) is 18.9 Å². The summed E-state index contributed by atoms with van der Waals surface area (Å²) in [4.78, 5) is 96.0. The summed E-state index contributed by atoms with van der Waals surface area (Å²) in [5.74, 6) is 4.04. The second kappa shape index (κ2) is 40.9. The quantitative estimate of drug-likeness (QED) is 0.0153. The highest BCUT2D eigenvalue weighted by Gasteiger charge is 2.28. The Kier molecular flexibility index (Phi) is 28.5. The van der Waals surface area contributed by atoms with Crippen molar-refractivity contribution >= 4 is 159 Å². The minimum absolute atomic E-state index is 0.126. The standard InChI is InChI=1S/4C25H18O5S/c1-16-2-6-18(7-3-16)23(28)25-24(21-11-8-19(27)14-22(21)31-25)30-20-9-4-17(5-10-20)12-13-29-15-26;1-16-3-2-4-18(13-16)23(28)25-24(21-10-7-19(27)14-22(21)31-25)30-20-8-5-17(6-9-20)11-12-29-15-26;2*1-16-4-2-3-5-20(16)23(28)25-24(21-11-8-18(27)14-22(21)31-25)30-19-9-6-17(7-10-19)12-13-29-15-26/h4*2-15,27H,1H3/b13-12+;12-11+;2*13-12+. The zero-order valence-electron chi connectivity index (χ0n) is 66.3. The summed E-state index contributed by atoms with van der Waals surface area (Å²) in [5, 5.41) is 42.5. The molecule has 4 N–H and O–H groups in total. The van der Waals surface area contributed by atoms with Gasteiger partial charge in [0.05, 0.1) is 25.0 Å². The first kappa shape index (κ1) is 86.3. The fraction of sp³-hybridized carbons (Fsp3) is 0.0400. The van der Waals surface area contributed by atoms with Gasteiger partial charge in [0.1, 0.15) is 65.5 Å². The third kappa shape index (κ3) is 21.5. The number of ether oxygens (including phenoxy) is 8. The Bertz CT molecular complexity index is 6540. The van der Waals surface area contributed by atoms with E-state index in [-0.39, 0.29) is 46.1 Å². The number of ketones is 4. The lowest BCUT2D eigenvalue weighted by Crippen LogP contribution is -2.03. The van der Waals surface area contributed by atoms with Crippen molar-refractivity contribution in [3.63, 3.8) is 0 Å². The molecule has 0 aliphatic heterocycles. The van der Waals surface area contributed by atoms with Crippen LogP contribution in [0.2, 0.25) is 0 Å². The number of phenols is 4. The normalized spacial score (nSPS) is 11.0. The van der Waals surface area contributed by atoms with Gasteiger partial charge in [-0.2, -0.15) is 0 Å². The molecule has 0 saturated carbocycles. The highest BCUT2D eigenvalue weighted by Crippen LogP contribution is 2.48. The monoisotopic (exact) mass is 1720 g/mol. The van der Waals surface area contributed by atoms with Gasteiger partial charge < -0.3 is 58.3 Å². The molecule has 24 heteroatoms. The predicted molar refractivity (Wildman–Crippen MR) is 483 cm³/mol. The Morgan fingerprint density at radius 3 is 0.839 bits per heavy atom. The number of aromatic hydroxyl groups is 4. The summed E-state index contributed by atoms with van der Waals surface area (Å²) in [7, 11) is 0. The van der Waals surface area contributed by atoms with Gasteiger partial charge in [-0.15, -0.1) is 45.3 Å². The molecule has 16 rings (SSSR count). The van der Waals surface area contributed by atoms with Gasteiger partial charge in [0.25, 0.3) is 25.9 Å². The van der Waals surface area contributed by atoms with Crippen LogP contribution in [0.3, 0.4) is 0 Å². The molecule has 12 aromatic carbocycles. The predicted octanol–water partition coefficient (Wildman–Crippen LogP) is 24.3. The van der Waals surface area contributed by atoms with Crippen LogP contribution >= 0.6 is 45.3 Å². The maximum absolute atomic E-state index is 13.3. The molecule has 616 valence electrons. The van der Waals surface area contributed by atoms with E-state index in [1.165, 1.54) is 70.4 Å². The summed E-state index contributed by atoms with van der Waals surface area (Å²) < 4.78 is 45.9. The molecule has 0 aliphatic rings. The highest BCUT2D eigenvalue weighted by molar-refractivity contribution is 7.22. The smallest absolute Gasteiger partial charge is 0.297 e. The van der Waals surface area contributed by atoms with Crippen LogP contribution in [0.5, 0.6) is 69.0 Å². The molecule has 20 nitrogen and oxygen atoms in total. The van der Waals surface area contributed by atoms with Crippen LogP contribution in [-0.2, 0) is 38.1 Å². The first-order valence-corrected chi connectivity index (χ1v) is 41.1. The van der Waals surface area contributed by atoms with E-state index in [0.717, 1.165) is 84.9 Å². The third-order valence-corrected chi connectivity index (χ3v) is 23.2. The topological polar surface area (TPSA) is 291 Å². The number of phenolic OH excluding ortho intramolecular Hbond substituents is 4. The molecule has 4 aromatic heterocycles. The number of hydrogen-bond donors (Lipinski definition) is 4. The molecule has 0 aliphatic carbocycles. The molecule has 0 bridgehead atoms. The van der Waals surface area contributed by atoms with Crippen LogP contribution < -0.4 is 18.9 Å². The van der Waals surface area contributed by atoms with Crippen molar-refractivity contribution in [3.05, 3.63) is 378 Å². The fourth-order valence-electron chi connectivity index (χ4n) is 12.6. The Balaban J connectivity index is 0.000000142. The molecule has 0 unspecified atom stereocenters. The van der Waals surface area contributed by atoms with Crippen molar-refractivity contribution < 1.29 is 96.7 Å². The zero-order valence-corrected chi connectivity index (χ0v) is 69.6. The van der Waals surface area contributed by atoms with Crippen molar-refractivity contribution in [1.29, 1.82) is 0 Å². The number of rotatable bonds is 28. The second-order valence-electron chi connectivity index (χ2n) is 27.3. The van der Waals surface area contributed by atoms with Crippen molar-refractivity contribution in [2.24, 2.45) is 0 Å². The lowest BCUT2D eigenvalue weighted by Gasteiger charge is -2.09. The van der Waals surface area contributed by atoms with Gasteiger partial charge in [-0.3, -0.25) is 38.4 Å². The second-order valence-corrected chi connectivity index (χ2v) is 31.5. The lowest BCUT2D eigenvalue weighted by atomic mass is 10.0. The van der Waals surface area contributed by atoms with Crippen LogP contribution in [0.1, 0.15) is 105 Å². The first-order chi connectivity index (χ1) is 60.2. The number of fused-ring (bicyclic) bond motifs is 4. The van der Waals surface area contributed by atoms with Gasteiger partial charge in [-0.25, -0.2) is 0 Å². The van der Waals surface area contributed by atoms with E-state index in [1.54, 1.807) is 176 Å². The number of carbonyl (C=O) groups is 8. The Morgan fingerprint density at radius 2 is 0.556 bits per heavy atom. The van der Waals surface area contributed by atoms with Gasteiger partial charge in [0, 0.05) is 62.6 Å². The molecule has 0 saturated heterocycles. The van der Waals surface area contributed by atoms with E-state index >= 15 is 0 Å². The molecule has 0 atom stereocenters. The van der Waals surface area contributed by atoms with E-state index < -0.39 is 0 Å². The first-order valence-electron chi connectivity index (χ1n) is 37.8. The summed E-state index contributed by atoms with van der Waals surface area (Å²) in [6, 6.07) is 78.1. The van der Waals surface area contributed by atoms with Crippen molar-refractivity contribution in [1.82, 2.24) is 0 Å². The Hall–Kier alpha value is -15.6. The average molecular weight is 1720 g/mol. The number of benzene rings is 12. The molecule has 0 amide bonds. The van der Waals surface area contributed by atoms with Crippen LogP contribution in [0, 0.1) is 27.7 Å². The average Bonchev–Trinajstić information content (AvgIpc) is 1.64. The molecule has 16 aromatic rings. The molecule has 0 spiro atoms. The zero-order chi connectivity index (χ0) is 87.2. The minimum atomic E-state index is -0.138. The highest BCUT2D eigenvalue weighted by atomic mass is 32.1. The minimum Gasteiger partial charge on any atom is -0.508 e. The van der Waals surface area contributed by atoms with Gasteiger partial charge in [0.2, 0.25) is 23.1 Å². The van der Waals surface area contributed by atoms with Crippen molar-refractivity contribution in [3.8, 4) is 69.0 Å². The van der Waals surface area contributed by atoms with E-state index in [1.807, 2.05) is 143 Å². The number of aryl methyl sites for hydroxylation is 4. The van der Waals surface area contributed by atoms with Crippen molar-refractivity contribution in [2.75, 3.05) is 0 Å². The fourth-order valence-corrected chi connectivity index (χ4v) is 17.0. The van der Waals surface area contributed by atoms with Gasteiger partial charge >= 0.3 is 0 Å². The van der Waals surface area contributed by atoms with Crippen LogP contribution in [0.4, 0.5) is 0 Å². The van der Waals surface area contributed by atoms with E-state index in [0.29, 0.717) is 114 Å². The summed E-state index contributed by atoms with van der Waals surface area (Å²) in [6.07, 6.45) is 11.8. The number of thiophene rings is 4. The van der Waals surface area contributed by atoms with Gasteiger partial charge in [-0.1, -0.05) is 151 Å². The van der Waals surface area contributed by atoms with Crippen LogP contribution in [0.15, 0.2) is 292 Å². The third-order valence-electron chi connectivity index (χ3n) is 18.7. The van der Waals surface area contributed by atoms with Gasteiger partial charge in [0.15, 0.2) is 23.0 Å². The molecular weight excluding hydrogens is 1650 g/mol. The van der Waals surface area contributed by atoms with E-state index in [9.17, 15) is 58.8 Å². The summed E-state index contributed by atoms with van der Waals surface area (Å²) in [5.41, 5.74) is 9.50. The maximum atomic E-state index is 13.3. The molecule has 0 radical (unpaired) electrons. The van der Waals surface area contributed by atoms with Gasteiger partial charge in [-0.05, 0) is 213 Å². The molecule has 4 heterocycles. The molecule has 0 fully saturated rings. The largest absolute Gasteiger partial charge is 0.508 e. The van der Waals surface area contributed by atoms with Crippen LogP contribution in [-0.4, -0.2) is 69.4 Å². The Labute approximate surface area is 725 Å². The molecule has 124 heavy (non-hydrogen) atoms. The maximum Gasteiger partial charge on any atom is 0.297 e. The Morgan fingerprint density at radius 1 is 0.274 bits per heavy atom. The van der Waals surface area contributed by atoms with Crippen molar-refractivity contribution in [2.45, 2.75) is 27.7 Å². The van der Waals surface area contributed by atoms with E-state index in [2.05, 4.69) is 18.9 Å².